The molecule has 0 heterocycles. The molecule has 1 amide bonds. The van der Waals surface area contributed by atoms with E-state index in [1.54, 1.807) is 50.6 Å². The van der Waals surface area contributed by atoms with E-state index in [2.05, 4.69) is 10.5 Å². The van der Waals surface area contributed by atoms with Crippen molar-refractivity contribution in [2.24, 2.45) is 5.10 Å². The van der Waals surface area contributed by atoms with Crippen LogP contribution >= 0.6 is 11.6 Å². The molecule has 0 spiro atoms. The maximum Gasteiger partial charge on any atom is 0.271 e. The number of ether oxygens (including phenoxy) is 4. The molecule has 0 aliphatic carbocycles. The first kappa shape index (κ1) is 26.6. The van der Waals surface area contributed by atoms with Gasteiger partial charge in [-0.2, -0.15) is 5.10 Å². The van der Waals surface area contributed by atoms with Crippen LogP contribution in [0.3, 0.4) is 0 Å². The van der Waals surface area contributed by atoms with Gasteiger partial charge in [-0.05, 0) is 71.3 Å². The Morgan fingerprint density at radius 3 is 2.08 bits per heavy atom. The summed E-state index contributed by atoms with van der Waals surface area (Å²) in [5.41, 5.74) is 5.66. The molecular formula is C30H27ClN2O5. The molecule has 0 bridgehead atoms. The number of hydrogen-bond acceptors (Lipinski definition) is 6. The standard InChI is InChI=1S/C30H27ClN2O5/c1-35-28-16-22(18-32-33-30(34)24-10-12-25(31)13-11-24)8-14-26(28)38-20-23-9-15-27(29(17-23)36-2)37-19-21-6-4-3-5-7-21/h3-18H,19-20H2,1-2H3,(H,33,34)/b32-18+. The Kier molecular flexibility index (Phi) is 9.21. The minimum atomic E-state index is -0.336. The number of nitrogens with zero attached hydrogens (tertiary/aromatic N) is 1. The topological polar surface area (TPSA) is 78.4 Å². The van der Waals surface area contributed by atoms with Crippen molar-refractivity contribution < 1.29 is 23.7 Å². The molecule has 0 aliphatic heterocycles. The van der Waals surface area contributed by atoms with E-state index in [-0.39, 0.29) is 5.91 Å². The van der Waals surface area contributed by atoms with Gasteiger partial charge in [-0.3, -0.25) is 4.79 Å². The van der Waals surface area contributed by atoms with Gasteiger partial charge in [0.05, 0.1) is 20.4 Å². The van der Waals surface area contributed by atoms with E-state index in [9.17, 15) is 4.79 Å². The highest BCUT2D eigenvalue weighted by atomic mass is 35.5. The molecule has 1 N–H and O–H groups in total. The van der Waals surface area contributed by atoms with E-state index >= 15 is 0 Å². The number of rotatable bonds is 11. The van der Waals surface area contributed by atoms with Crippen LogP contribution in [-0.4, -0.2) is 26.3 Å². The van der Waals surface area contributed by atoms with Gasteiger partial charge in [0.2, 0.25) is 0 Å². The van der Waals surface area contributed by atoms with Crippen molar-refractivity contribution in [1.82, 2.24) is 5.43 Å². The van der Waals surface area contributed by atoms with Crippen LogP contribution in [0.25, 0.3) is 0 Å². The lowest BCUT2D eigenvalue weighted by Crippen LogP contribution is -2.17. The average molecular weight is 531 g/mol. The van der Waals surface area contributed by atoms with Crippen LogP contribution in [0, 0.1) is 0 Å². The number of carbonyl (C=O) groups excluding carboxylic acids is 1. The summed E-state index contributed by atoms with van der Waals surface area (Å²) in [7, 11) is 3.17. The van der Waals surface area contributed by atoms with Gasteiger partial charge < -0.3 is 18.9 Å². The maximum absolute atomic E-state index is 12.2. The first-order chi connectivity index (χ1) is 18.6. The summed E-state index contributed by atoms with van der Waals surface area (Å²) in [6.07, 6.45) is 1.53. The van der Waals surface area contributed by atoms with Crippen molar-refractivity contribution in [2.45, 2.75) is 13.2 Å². The Morgan fingerprint density at radius 2 is 1.39 bits per heavy atom. The number of hydrogen-bond donors (Lipinski definition) is 1. The van der Waals surface area contributed by atoms with Crippen molar-refractivity contribution in [3.05, 3.63) is 118 Å². The van der Waals surface area contributed by atoms with E-state index < -0.39 is 0 Å². The van der Waals surface area contributed by atoms with Crippen LogP contribution in [0.15, 0.2) is 96.1 Å². The van der Waals surface area contributed by atoms with Crippen molar-refractivity contribution in [2.75, 3.05) is 14.2 Å². The fraction of sp³-hybridized carbons (Fsp3) is 0.133. The summed E-state index contributed by atoms with van der Waals surface area (Å²) in [4.78, 5) is 12.2. The van der Waals surface area contributed by atoms with E-state index in [0.29, 0.717) is 46.8 Å². The summed E-state index contributed by atoms with van der Waals surface area (Å²) in [5, 5.41) is 4.58. The molecule has 0 atom stereocenters. The van der Waals surface area contributed by atoms with Gasteiger partial charge in [0, 0.05) is 10.6 Å². The fourth-order valence-electron chi connectivity index (χ4n) is 3.53. The highest BCUT2D eigenvalue weighted by Gasteiger charge is 2.10. The molecule has 0 aliphatic rings. The molecule has 0 aromatic heterocycles. The molecular weight excluding hydrogens is 504 g/mol. The lowest BCUT2D eigenvalue weighted by Gasteiger charge is -2.14. The number of nitrogens with one attached hydrogen (secondary N) is 1. The smallest absolute Gasteiger partial charge is 0.271 e. The third kappa shape index (κ3) is 7.27. The number of amides is 1. The summed E-state index contributed by atoms with van der Waals surface area (Å²) < 4.78 is 22.9. The SMILES string of the molecule is COc1cc(/C=N/NC(=O)c2ccc(Cl)cc2)ccc1OCc1ccc(OCc2ccccc2)c(OC)c1. The van der Waals surface area contributed by atoms with Crippen LogP contribution in [0.4, 0.5) is 0 Å². The minimum absolute atomic E-state index is 0.302. The van der Waals surface area contributed by atoms with Crippen LogP contribution < -0.4 is 24.4 Å². The van der Waals surface area contributed by atoms with Gasteiger partial charge in [-0.25, -0.2) is 5.43 Å². The second-order valence-corrected chi connectivity index (χ2v) is 8.60. The third-order valence-electron chi connectivity index (χ3n) is 5.53. The van der Waals surface area contributed by atoms with Crippen molar-refractivity contribution in [1.29, 1.82) is 0 Å². The van der Waals surface area contributed by atoms with E-state index in [4.69, 9.17) is 30.5 Å². The van der Waals surface area contributed by atoms with Crippen LogP contribution in [-0.2, 0) is 13.2 Å². The van der Waals surface area contributed by atoms with Crippen molar-refractivity contribution in [3.8, 4) is 23.0 Å². The molecule has 7 nitrogen and oxygen atoms in total. The summed E-state index contributed by atoms with van der Waals surface area (Å²) in [6.45, 7) is 0.751. The molecule has 0 saturated heterocycles. The zero-order valence-electron chi connectivity index (χ0n) is 21.0. The van der Waals surface area contributed by atoms with Gasteiger partial charge in [-0.1, -0.05) is 48.0 Å². The minimum Gasteiger partial charge on any atom is -0.493 e. The number of hydrazone groups is 1. The Bertz CT molecular complexity index is 1390. The quantitative estimate of drug-likeness (QED) is 0.182. The highest BCUT2D eigenvalue weighted by molar-refractivity contribution is 6.30. The van der Waals surface area contributed by atoms with Crippen molar-refractivity contribution in [3.63, 3.8) is 0 Å². The first-order valence-corrected chi connectivity index (χ1v) is 12.2. The third-order valence-corrected chi connectivity index (χ3v) is 5.79. The zero-order valence-corrected chi connectivity index (χ0v) is 21.8. The zero-order chi connectivity index (χ0) is 26.7. The number of halogens is 1. The molecule has 8 heteroatoms. The monoisotopic (exact) mass is 530 g/mol. The lowest BCUT2D eigenvalue weighted by atomic mass is 10.2. The predicted molar refractivity (Wildman–Crippen MR) is 148 cm³/mol. The molecule has 0 fully saturated rings. The number of benzene rings is 4. The Labute approximate surface area is 226 Å². The fourth-order valence-corrected chi connectivity index (χ4v) is 3.66. The molecule has 0 unspecified atom stereocenters. The van der Waals surface area contributed by atoms with Crippen molar-refractivity contribution >= 4 is 23.7 Å². The molecule has 4 rings (SSSR count). The molecule has 0 saturated carbocycles. The van der Waals surface area contributed by atoms with Gasteiger partial charge in [0.25, 0.3) is 5.91 Å². The first-order valence-electron chi connectivity index (χ1n) is 11.8. The molecule has 38 heavy (non-hydrogen) atoms. The molecule has 0 radical (unpaired) electrons. The normalized spacial score (nSPS) is 10.7. The van der Waals surface area contributed by atoms with E-state index in [1.807, 2.05) is 54.6 Å². The molecule has 4 aromatic rings. The van der Waals surface area contributed by atoms with Gasteiger partial charge in [-0.15, -0.1) is 0 Å². The molecule has 194 valence electrons. The lowest BCUT2D eigenvalue weighted by molar-refractivity contribution is 0.0955. The summed E-state index contributed by atoms with van der Waals surface area (Å²) >= 11 is 5.86. The van der Waals surface area contributed by atoms with Gasteiger partial charge in [0.15, 0.2) is 23.0 Å². The molecule has 4 aromatic carbocycles. The van der Waals surface area contributed by atoms with E-state index in [1.165, 1.54) is 6.21 Å². The maximum atomic E-state index is 12.2. The van der Waals surface area contributed by atoms with Crippen LogP contribution in [0.2, 0.25) is 5.02 Å². The second kappa shape index (κ2) is 13.2. The number of methoxy groups -OCH3 is 2. The largest absolute Gasteiger partial charge is 0.493 e. The second-order valence-electron chi connectivity index (χ2n) is 8.16. The summed E-state index contributed by atoms with van der Waals surface area (Å²) in [5.74, 6) is 2.05. The van der Waals surface area contributed by atoms with E-state index in [0.717, 1.165) is 16.7 Å². The van der Waals surface area contributed by atoms with Crippen LogP contribution in [0.1, 0.15) is 27.0 Å². The number of carbonyl (C=O) groups is 1. The highest BCUT2D eigenvalue weighted by Crippen LogP contribution is 2.31. The Hall–Kier alpha value is -4.49. The predicted octanol–water partition coefficient (Wildman–Crippen LogP) is 6.28. The Morgan fingerprint density at radius 1 is 0.763 bits per heavy atom. The van der Waals surface area contributed by atoms with Gasteiger partial charge >= 0.3 is 0 Å². The average Bonchev–Trinajstić information content (AvgIpc) is 2.96. The van der Waals surface area contributed by atoms with Gasteiger partial charge in [0.1, 0.15) is 13.2 Å². The summed E-state index contributed by atoms with van der Waals surface area (Å²) in [6, 6.07) is 27.6. The Balaban J connectivity index is 1.35. The van der Waals surface area contributed by atoms with Crippen LogP contribution in [0.5, 0.6) is 23.0 Å².